The van der Waals surface area contributed by atoms with Crippen LogP contribution in [-0.2, 0) is 9.59 Å². The largest absolute Gasteiger partial charge is 0.479 e. The van der Waals surface area contributed by atoms with Crippen molar-refractivity contribution >= 4 is 11.9 Å². The summed E-state index contributed by atoms with van der Waals surface area (Å²) in [5.74, 6) is -0.915. The Morgan fingerprint density at radius 3 is 2.76 bits per heavy atom. The van der Waals surface area contributed by atoms with E-state index in [-0.39, 0.29) is 5.91 Å². The van der Waals surface area contributed by atoms with Crippen LogP contribution in [0.5, 0.6) is 0 Å². The Kier molecular flexibility index (Phi) is 4.73. The lowest BCUT2D eigenvalue weighted by Gasteiger charge is -2.34. The molecule has 1 amide bonds. The van der Waals surface area contributed by atoms with Crippen molar-refractivity contribution in [3.05, 3.63) is 12.7 Å². The summed E-state index contributed by atoms with van der Waals surface area (Å²) in [5.41, 5.74) is -0.951. The zero-order valence-corrected chi connectivity index (χ0v) is 10.4. The molecule has 96 valence electrons. The van der Waals surface area contributed by atoms with E-state index >= 15 is 0 Å². The lowest BCUT2D eigenvalue weighted by Crippen LogP contribution is -2.53. The first kappa shape index (κ1) is 13.7. The van der Waals surface area contributed by atoms with Gasteiger partial charge in [-0.1, -0.05) is 19.4 Å². The summed E-state index contributed by atoms with van der Waals surface area (Å²) in [6, 6.07) is 0. The molecule has 17 heavy (non-hydrogen) atoms. The maximum Gasteiger partial charge on any atom is 0.329 e. The fraction of sp³-hybridized carbons (Fsp3) is 0.692. The van der Waals surface area contributed by atoms with Gasteiger partial charge in [0.25, 0.3) is 0 Å². The number of aliphatic carboxylic acids is 1. The maximum atomic E-state index is 12.0. The summed E-state index contributed by atoms with van der Waals surface area (Å²) in [4.78, 5) is 25.1. The van der Waals surface area contributed by atoms with Crippen molar-refractivity contribution in [3.63, 3.8) is 0 Å². The van der Waals surface area contributed by atoms with Crippen molar-refractivity contribution in [2.45, 2.75) is 51.0 Å². The molecule has 1 heterocycles. The van der Waals surface area contributed by atoms with Crippen LogP contribution >= 0.6 is 0 Å². The third kappa shape index (κ3) is 2.68. The van der Waals surface area contributed by atoms with Crippen LogP contribution in [0.15, 0.2) is 12.7 Å². The van der Waals surface area contributed by atoms with Gasteiger partial charge in [-0.25, -0.2) is 4.79 Å². The highest BCUT2D eigenvalue weighted by Gasteiger charge is 2.48. The highest BCUT2D eigenvalue weighted by molar-refractivity contribution is 5.87. The SMILES string of the molecule is C=CCCC(=O)N1CCCC1(CCC)C(=O)O. The molecule has 1 aliphatic heterocycles. The van der Waals surface area contributed by atoms with Crippen LogP contribution in [0, 0.1) is 0 Å². The molecule has 4 heteroatoms. The van der Waals surface area contributed by atoms with Crippen molar-refractivity contribution in [1.29, 1.82) is 0 Å². The van der Waals surface area contributed by atoms with E-state index < -0.39 is 11.5 Å². The van der Waals surface area contributed by atoms with E-state index in [1.54, 1.807) is 11.0 Å². The molecule has 0 aliphatic carbocycles. The first-order chi connectivity index (χ1) is 8.08. The molecule has 1 atom stereocenters. The van der Waals surface area contributed by atoms with Crippen molar-refractivity contribution in [3.8, 4) is 0 Å². The predicted octanol–water partition coefficient (Wildman–Crippen LogP) is 2.20. The van der Waals surface area contributed by atoms with Gasteiger partial charge < -0.3 is 10.0 Å². The second kappa shape index (κ2) is 5.84. The van der Waals surface area contributed by atoms with Crippen molar-refractivity contribution in [1.82, 2.24) is 4.90 Å². The summed E-state index contributed by atoms with van der Waals surface area (Å²) in [6.45, 7) is 6.11. The second-order valence-corrected chi connectivity index (χ2v) is 4.56. The number of allylic oxidation sites excluding steroid dienone is 1. The molecule has 1 fully saturated rings. The third-order valence-electron chi connectivity index (χ3n) is 3.41. The van der Waals surface area contributed by atoms with Crippen LogP contribution in [0.1, 0.15) is 45.4 Å². The highest BCUT2D eigenvalue weighted by Crippen LogP contribution is 2.34. The molecule has 0 saturated carbocycles. The Morgan fingerprint density at radius 2 is 2.24 bits per heavy atom. The first-order valence-corrected chi connectivity index (χ1v) is 6.23. The van der Waals surface area contributed by atoms with Crippen LogP contribution in [0.2, 0.25) is 0 Å². The van der Waals surface area contributed by atoms with Gasteiger partial charge in [-0.3, -0.25) is 4.79 Å². The summed E-state index contributed by atoms with van der Waals surface area (Å²) >= 11 is 0. The fourth-order valence-electron chi connectivity index (χ4n) is 2.61. The Morgan fingerprint density at radius 1 is 1.53 bits per heavy atom. The minimum Gasteiger partial charge on any atom is -0.479 e. The minimum absolute atomic E-state index is 0.0572. The van der Waals surface area contributed by atoms with Crippen LogP contribution < -0.4 is 0 Å². The molecule has 0 bridgehead atoms. The number of carboxylic acids is 1. The van der Waals surface area contributed by atoms with E-state index in [1.807, 2.05) is 6.92 Å². The molecule has 0 aromatic rings. The molecule has 1 saturated heterocycles. The zero-order chi connectivity index (χ0) is 12.9. The zero-order valence-electron chi connectivity index (χ0n) is 10.4. The number of carboxylic acid groups (broad SMARTS) is 1. The Bertz CT molecular complexity index is 314. The third-order valence-corrected chi connectivity index (χ3v) is 3.41. The monoisotopic (exact) mass is 239 g/mol. The van der Waals surface area contributed by atoms with Gasteiger partial charge in [-0.15, -0.1) is 6.58 Å². The van der Waals surface area contributed by atoms with Gasteiger partial charge in [0.15, 0.2) is 0 Å². The molecule has 0 radical (unpaired) electrons. The Labute approximate surface area is 102 Å². The summed E-state index contributed by atoms with van der Waals surface area (Å²) in [7, 11) is 0. The molecule has 1 N–H and O–H groups in total. The molecular formula is C13H21NO3. The predicted molar refractivity (Wildman–Crippen MR) is 65.7 cm³/mol. The average Bonchev–Trinajstić information content (AvgIpc) is 2.71. The van der Waals surface area contributed by atoms with Crippen molar-refractivity contribution < 1.29 is 14.7 Å². The fourth-order valence-corrected chi connectivity index (χ4v) is 2.61. The van der Waals surface area contributed by atoms with Crippen LogP contribution in [0.25, 0.3) is 0 Å². The van der Waals surface area contributed by atoms with Crippen molar-refractivity contribution in [2.75, 3.05) is 6.54 Å². The molecule has 0 spiro atoms. The number of carbonyl (C=O) groups excluding carboxylic acids is 1. The van der Waals surface area contributed by atoms with Gasteiger partial charge in [0, 0.05) is 13.0 Å². The summed E-state index contributed by atoms with van der Waals surface area (Å²) in [5, 5.41) is 9.43. The van der Waals surface area contributed by atoms with E-state index in [0.29, 0.717) is 32.2 Å². The first-order valence-electron chi connectivity index (χ1n) is 6.23. The van der Waals surface area contributed by atoms with Crippen LogP contribution in [-0.4, -0.2) is 34.0 Å². The minimum atomic E-state index is -0.951. The topological polar surface area (TPSA) is 57.6 Å². The maximum absolute atomic E-state index is 12.0. The van der Waals surface area contributed by atoms with E-state index in [9.17, 15) is 14.7 Å². The molecule has 0 aromatic carbocycles. The van der Waals surface area contributed by atoms with Gasteiger partial charge in [-0.05, 0) is 25.7 Å². The van der Waals surface area contributed by atoms with Crippen LogP contribution in [0.3, 0.4) is 0 Å². The smallest absolute Gasteiger partial charge is 0.329 e. The normalized spacial score (nSPS) is 23.7. The molecule has 1 rings (SSSR count). The standard InChI is InChI=1S/C13H21NO3/c1-3-5-7-11(15)14-10-6-9-13(14,8-4-2)12(16)17/h3H,1,4-10H2,2H3,(H,16,17). The molecule has 1 aliphatic rings. The van der Waals surface area contributed by atoms with Gasteiger partial charge in [0.2, 0.25) is 5.91 Å². The highest BCUT2D eigenvalue weighted by atomic mass is 16.4. The van der Waals surface area contributed by atoms with E-state index in [4.69, 9.17) is 0 Å². The van der Waals surface area contributed by atoms with Gasteiger partial charge in [-0.2, -0.15) is 0 Å². The summed E-state index contributed by atoms with van der Waals surface area (Å²) < 4.78 is 0. The second-order valence-electron chi connectivity index (χ2n) is 4.56. The number of rotatable bonds is 6. The number of hydrogen-bond acceptors (Lipinski definition) is 2. The van der Waals surface area contributed by atoms with E-state index in [1.165, 1.54) is 0 Å². The number of likely N-dealkylation sites (tertiary alicyclic amines) is 1. The molecule has 1 unspecified atom stereocenters. The quantitative estimate of drug-likeness (QED) is 0.723. The van der Waals surface area contributed by atoms with Crippen LogP contribution in [0.4, 0.5) is 0 Å². The number of carbonyl (C=O) groups is 2. The number of nitrogens with zero attached hydrogens (tertiary/aromatic N) is 1. The van der Waals surface area contributed by atoms with Crippen molar-refractivity contribution in [2.24, 2.45) is 0 Å². The average molecular weight is 239 g/mol. The molecule has 4 nitrogen and oxygen atoms in total. The lowest BCUT2D eigenvalue weighted by atomic mass is 9.90. The van der Waals surface area contributed by atoms with Gasteiger partial charge >= 0.3 is 5.97 Å². The van der Waals surface area contributed by atoms with E-state index in [2.05, 4.69) is 6.58 Å². The lowest BCUT2D eigenvalue weighted by molar-refractivity contribution is -0.157. The number of hydrogen-bond donors (Lipinski definition) is 1. The van der Waals surface area contributed by atoms with Gasteiger partial charge in [0.05, 0.1) is 0 Å². The molecule has 0 aromatic heterocycles. The van der Waals surface area contributed by atoms with Gasteiger partial charge in [0.1, 0.15) is 5.54 Å². The van der Waals surface area contributed by atoms with E-state index in [0.717, 1.165) is 12.8 Å². The molecular weight excluding hydrogens is 218 g/mol. The summed E-state index contributed by atoms with van der Waals surface area (Å²) in [6.07, 6.45) is 5.34. The number of amides is 1. The Hall–Kier alpha value is -1.32. The Balaban J connectivity index is 2.84.